The van der Waals surface area contributed by atoms with E-state index in [9.17, 15) is 18.5 Å². The maximum absolute atomic E-state index is 10.4. The zero-order valence-electron chi connectivity index (χ0n) is 10.6. The van der Waals surface area contributed by atoms with Crippen LogP contribution in [0.15, 0.2) is 24.3 Å². The summed E-state index contributed by atoms with van der Waals surface area (Å²) in [6, 6.07) is 5.74. The first-order chi connectivity index (χ1) is 9.38. The average Bonchev–Trinajstić information content (AvgIpc) is 2.37. The third kappa shape index (κ3) is 7.02. The molecule has 1 aromatic carbocycles. The summed E-state index contributed by atoms with van der Waals surface area (Å²) < 4.78 is 38.3. The smallest absolute Gasteiger partial charge is 0.397 e. The number of rotatable bonds is 9. The molecule has 1 rings (SSSR count). The van der Waals surface area contributed by atoms with Crippen LogP contribution in [0.5, 0.6) is 5.75 Å². The molecule has 1 N–H and O–H groups in total. The largest absolute Gasteiger partial charge is 0.494 e. The van der Waals surface area contributed by atoms with E-state index in [1.807, 2.05) is 0 Å². The Morgan fingerprint density at radius 3 is 2.25 bits per heavy atom. The number of nitro groups is 1. The molecule has 0 amide bonds. The first-order valence-corrected chi connectivity index (χ1v) is 7.24. The SMILES string of the molecule is O=[N+]([O-])c1ccc(OCCCCCOS(=O)(=O)O)cc1. The van der Waals surface area contributed by atoms with E-state index in [2.05, 4.69) is 4.18 Å². The van der Waals surface area contributed by atoms with Gasteiger partial charge in [-0.1, -0.05) is 0 Å². The molecule has 0 saturated heterocycles. The molecule has 0 unspecified atom stereocenters. The summed E-state index contributed by atoms with van der Waals surface area (Å²) in [7, 11) is -4.36. The Balaban J connectivity index is 2.14. The second-order valence-electron chi connectivity index (χ2n) is 3.91. The number of hydrogen-bond acceptors (Lipinski definition) is 6. The van der Waals surface area contributed by atoms with Crippen molar-refractivity contribution in [2.75, 3.05) is 13.2 Å². The van der Waals surface area contributed by atoms with Crippen molar-refractivity contribution in [1.82, 2.24) is 0 Å². The number of hydrogen-bond donors (Lipinski definition) is 1. The van der Waals surface area contributed by atoms with Crippen LogP contribution >= 0.6 is 0 Å². The Labute approximate surface area is 116 Å². The van der Waals surface area contributed by atoms with E-state index in [-0.39, 0.29) is 12.3 Å². The van der Waals surface area contributed by atoms with Crippen molar-refractivity contribution in [2.45, 2.75) is 19.3 Å². The lowest BCUT2D eigenvalue weighted by Crippen LogP contribution is -2.05. The van der Waals surface area contributed by atoms with Crippen LogP contribution in [-0.2, 0) is 14.6 Å². The molecular formula is C11H15NO7S. The Morgan fingerprint density at radius 2 is 1.70 bits per heavy atom. The lowest BCUT2D eigenvalue weighted by Gasteiger charge is -2.05. The first-order valence-electron chi connectivity index (χ1n) is 5.87. The highest BCUT2D eigenvalue weighted by Gasteiger charge is 2.05. The van der Waals surface area contributed by atoms with E-state index in [4.69, 9.17) is 9.29 Å². The van der Waals surface area contributed by atoms with Gasteiger partial charge in [0.1, 0.15) is 5.75 Å². The zero-order valence-corrected chi connectivity index (χ0v) is 11.4. The van der Waals surface area contributed by atoms with Crippen molar-refractivity contribution in [1.29, 1.82) is 0 Å². The summed E-state index contributed by atoms with van der Waals surface area (Å²) in [6.45, 7) is 0.333. The predicted octanol–water partition coefficient (Wildman–Crippen LogP) is 1.96. The van der Waals surface area contributed by atoms with Gasteiger partial charge in [0.2, 0.25) is 0 Å². The molecule has 9 heteroatoms. The average molecular weight is 305 g/mol. The van der Waals surface area contributed by atoms with Crippen LogP contribution in [0.2, 0.25) is 0 Å². The monoisotopic (exact) mass is 305 g/mol. The number of unbranched alkanes of at least 4 members (excludes halogenated alkanes) is 2. The molecule has 0 aliphatic heterocycles. The fourth-order valence-electron chi connectivity index (χ4n) is 1.40. The van der Waals surface area contributed by atoms with E-state index in [1.165, 1.54) is 24.3 Å². The lowest BCUT2D eigenvalue weighted by molar-refractivity contribution is -0.384. The number of nitro benzene ring substituents is 1. The molecule has 0 atom stereocenters. The van der Waals surface area contributed by atoms with Crippen molar-refractivity contribution < 1.29 is 26.8 Å². The van der Waals surface area contributed by atoms with Gasteiger partial charge in [0.25, 0.3) is 5.69 Å². The van der Waals surface area contributed by atoms with Crippen LogP contribution < -0.4 is 4.74 Å². The van der Waals surface area contributed by atoms with Gasteiger partial charge in [0, 0.05) is 12.1 Å². The standard InChI is InChI=1S/C11H15NO7S/c13-12(14)10-4-6-11(7-5-10)18-8-2-1-3-9-19-20(15,16)17/h4-7H,1-3,8-9H2,(H,15,16,17). The van der Waals surface area contributed by atoms with Crippen molar-refractivity contribution in [3.8, 4) is 5.75 Å². The van der Waals surface area contributed by atoms with E-state index in [0.717, 1.165) is 0 Å². The molecule has 0 aromatic heterocycles. The predicted molar refractivity (Wildman–Crippen MR) is 69.9 cm³/mol. The van der Waals surface area contributed by atoms with Gasteiger partial charge in [-0.15, -0.1) is 0 Å². The summed E-state index contributed by atoms with van der Waals surface area (Å²) in [4.78, 5) is 9.95. The Bertz CT molecular complexity index is 526. The molecule has 0 saturated carbocycles. The summed E-state index contributed by atoms with van der Waals surface area (Å²) in [5.74, 6) is 0.532. The Hall–Kier alpha value is -1.71. The van der Waals surface area contributed by atoms with Gasteiger partial charge in [0.15, 0.2) is 0 Å². The van der Waals surface area contributed by atoms with Crippen molar-refractivity contribution >= 4 is 16.1 Å². The van der Waals surface area contributed by atoms with Gasteiger partial charge >= 0.3 is 10.4 Å². The minimum Gasteiger partial charge on any atom is -0.494 e. The highest BCUT2D eigenvalue weighted by atomic mass is 32.3. The number of nitrogens with zero attached hydrogens (tertiary/aromatic N) is 1. The molecule has 0 bridgehead atoms. The fraction of sp³-hybridized carbons (Fsp3) is 0.455. The van der Waals surface area contributed by atoms with Crippen LogP contribution in [-0.4, -0.2) is 31.1 Å². The van der Waals surface area contributed by atoms with Gasteiger partial charge in [-0.2, -0.15) is 8.42 Å². The quantitative estimate of drug-likeness (QED) is 0.321. The third-order valence-corrected chi connectivity index (χ3v) is 2.80. The highest BCUT2D eigenvalue weighted by Crippen LogP contribution is 2.17. The van der Waals surface area contributed by atoms with Gasteiger partial charge < -0.3 is 4.74 Å². The van der Waals surface area contributed by atoms with Crippen LogP contribution in [0.25, 0.3) is 0 Å². The van der Waals surface area contributed by atoms with E-state index in [0.29, 0.717) is 31.6 Å². The number of benzene rings is 1. The first kappa shape index (κ1) is 16.3. The Kier molecular flexibility index (Phi) is 6.36. The second kappa shape index (κ2) is 7.78. The minimum absolute atomic E-state index is 0.000267. The van der Waals surface area contributed by atoms with E-state index >= 15 is 0 Å². The lowest BCUT2D eigenvalue weighted by atomic mass is 10.2. The van der Waals surface area contributed by atoms with Gasteiger partial charge in [-0.05, 0) is 31.4 Å². The van der Waals surface area contributed by atoms with Crippen molar-refractivity contribution in [3.05, 3.63) is 34.4 Å². The normalized spacial score (nSPS) is 11.2. The molecule has 0 radical (unpaired) electrons. The number of ether oxygens (including phenoxy) is 1. The molecule has 1 aromatic rings. The van der Waals surface area contributed by atoms with E-state index in [1.54, 1.807) is 0 Å². The second-order valence-corrected chi connectivity index (χ2v) is 5.00. The molecule has 8 nitrogen and oxygen atoms in total. The molecule has 0 spiro atoms. The molecule has 0 fully saturated rings. The summed E-state index contributed by atoms with van der Waals surface area (Å²) in [5, 5.41) is 10.4. The van der Waals surface area contributed by atoms with Crippen molar-refractivity contribution in [3.63, 3.8) is 0 Å². The number of non-ortho nitro benzene ring substituents is 1. The topological polar surface area (TPSA) is 116 Å². The van der Waals surface area contributed by atoms with Crippen LogP contribution in [0.4, 0.5) is 5.69 Å². The minimum atomic E-state index is -4.36. The van der Waals surface area contributed by atoms with Crippen LogP contribution in [0.3, 0.4) is 0 Å². The highest BCUT2D eigenvalue weighted by molar-refractivity contribution is 7.80. The molecule has 0 aliphatic rings. The molecule has 20 heavy (non-hydrogen) atoms. The third-order valence-electron chi connectivity index (χ3n) is 2.34. The summed E-state index contributed by atoms with van der Waals surface area (Å²) in [6.07, 6.45) is 1.82. The van der Waals surface area contributed by atoms with Gasteiger partial charge in [-0.3, -0.25) is 14.7 Å². The molecule has 112 valence electrons. The molecule has 0 heterocycles. The maximum atomic E-state index is 10.4. The summed E-state index contributed by atoms with van der Waals surface area (Å²) in [5.41, 5.74) is -0.000267. The fourth-order valence-corrected chi connectivity index (χ4v) is 1.73. The van der Waals surface area contributed by atoms with Crippen molar-refractivity contribution in [2.24, 2.45) is 0 Å². The maximum Gasteiger partial charge on any atom is 0.397 e. The molecular weight excluding hydrogens is 290 g/mol. The van der Waals surface area contributed by atoms with Crippen LogP contribution in [0, 0.1) is 10.1 Å². The van der Waals surface area contributed by atoms with E-state index < -0.39 is 15.3 Å². The summed E-state index contributed by atoms with van der Waals surface area (Å²) >= 11 is 0. The van der Waals surface area contributed by atoms with Crippen LogP contribution in [0.1, 0.15) is 19.3 Å². The molecule has 0 aliphatic carbocycles. The van der Waals surface area contributed by atoms with Gasteiger partial charge in [-0.25, -0.2) is 4.18 Å². The zero-order chi connectivity index (χ0) is 15.0. The Morgan fingerprint density at radius 1 is 1.10 bits per heavy atom. The van der Waals surface area contributed by atoms with Gasteiger partial charge in [0.05, 0.1) is 18.1 Å².